The monoisotopic (exact) mass is 262 g/mol. The summed E-state index contributed by atoms with van der Waals surface area (Å²) < 4.78 is 0. The molecule has 0 aliphatic carbocycles. The van der Waals surface area contributed by atoms with Crippen molar-refractivity contribution in [2.24, 2.45) is 0 Å². The van der Waals surface area contributed by atoms with Crippen LogP contribution in [0, 0.1) is 6.92 Å². The molecule has 0 saturated heterocycles. The van der Waals surface area contributed by atoms with Gasteiger partial charge in [0.05, 0.1) is 0 Å². The minimum atomic E-state index is -0.0906. The Morgan fingerprint density at radius 2 is 2.06 bits per heavy atom. The molecule has 0 radical (unpaired) electrons. The van der Waals surface area contributed by atoms with Crippen molar-refractivity contribution in [1.29, 1.82) is 0 Å². The third kappa shape index (κ3) is 4.39. The molecule has 0 saturated carbocycles. The van der Waals surface area contributed by atoms with Gasteiger partial charge in [-0.15, -0.1) is 12.4 Å². The molecule has 2 N–H and O–H groups in total. The lowest BCUT2D eigenvalue weighted by Gasteiger charge is -2.05. The van der Waals surface area contributed by atoms with Gasteiger partial charge in [-0.3, -0.25) is 4.79 Å². The Balaban J connectivity index is 0.00000225. The predicted molar refractivity (Wildman–Crippen MR) is 69.7 cm³/mol. The van der Waals surface area contributed by atoms with Gasteiger partial charge in [-0.05, 0) is 31.7 Å². The van der Waals surface area contributed by atoms with Crippen LogP contribution in [0.1, 0.15) is 15.9 Å². The first-order valence-corrected chi connectivity index (χ1v) is 5.22. The number of carbonyl (C=O) groups excluding carboxylic acids is 1. The van der Waals surface area contributed by atoms with Crippen molar-refractivity contribution in [2.75, 3.05) is 20.1 Å². The van der Waals surface area contributed by atoms with Crippen LogP contribution in [0.15, 0.2) is 18.2 Å². The Labute approximate surface area is 107 Å². The first-order valence-electron chi connectivity index (χ1n) is 4.84. The lowest BCUT2D eigenvalue weighted by atomic mass is 10.1. The summed E-state index contributed by atoms with van der Waals surface area (Å²) in [7, 11) is 1.84. The van der Waals surface area contributed by atoms with Crippen molar-refractivity contribution >= 4 is 29.9 Å². The standard InChI is InChI=1S/C11H15ClN2O.ClH/c1-8-3-4-9(7-10(8)12)11(15)14-6-5-13-2;/h3-4,7,13H,5-6H2,1-2H3,(H,14,15);1H. The van der Waals surface area contributed by atoms with E-state index in [9.17, 15) is 4.79 Å². The highest BCUT2D eigenvalue weighted by Crippen LogP contribution is 2.16. The number of benzene rings is 1. The van der Waals surface area contributed by atoms with Gasteiger partial charge in [-0.25, -0.2) is 0 Å². The Morgan fingerprint density at radius 3 is 2.62 bits per heavy atom. The third-order valence-electron chi connectivity index (χ3n) is 2.09. The largest absolute Gasteiger partial charge is 0.351 e. The molecule has 1 aromatic rings. The van der Waals surface area contributed by atoms with Crippen LogP contribution in [0.5, 0.6) is 0 Å². The molecule has 0 unspecified atom stereocenters. The van der Waals surface area contributed by atoms with Crippen molar-refractivity contribution in [3.05, 3.63) is 34.3 Å². The van der Waals surface area contributed by atoms with E-state index in [0.29, 0.717) is 17.1 Å². The normalized spacial score (nSPS) is 9.44. The molecule has 0 bridgehead atoms. The highest BCUT2D eigenvalue weighted by Gasteiger charge is 2.05. The smallest absolute Gasteiger partial charge is 0.251 e. The molecule has 1 rings (SSSR count). The van der Waals surface area contributed by atoms with Crippen molar-refractivity contribution in [2.45, 2.75) is 6.92 Å². The van der Waals surface area contributed by atoms with Crippen molar-refractivity contribution in [3.8, 4) is 0 Å². The van der Waals surface area contributed by atoms with E-state index in [1.165, 1.54) is 0 Å². The van der Waals surface area contributed by atoms with E-state index in [2.05, 4.69) is 10.6 Å². The topological polar surface area (TPSA) is 41.1 Å². The van der Waals surface area contributed by atoms with Crippen LogP contribution in [0.3, 0.4) is 0 Å². The van der Waals surface area contributed by atoms with E-state index in [0.717, 1.165) is 12.1 Å². The van der Waals surface area contributed by atoms with Crippen molar-refractivity contribution in [1.82, 2.24) is 10.6 Å². The van der Waals surface area contributed by atoms with Gasteiger partial charge in [-0.1, -0.05) is 17.7 Å². The van der Waals surface area contributed by atoms with Gasteiger partial charge in [0.15, 0.2) is 0 Å². The molecule has 0 heterocycles. The van der Waals surface area contributed by atoms with Gasteiger partial charge in [0.25, 0.3) is 5.91 Å². The zero-order valence-corrected chi connectivity index (χ0v) is 10.9. The summed E-state index contributed by atoms with van der Waals surface area (Å²) in [6, 6.07) is 5.30. The molecular formula is C11H16Cl2N2O. The van der Waals surface area contributed by atoms with Gasteiger partial charge in [-0.2, -0.15) is 0 Å². The molecule has 0 spiro atoms. The van der Waals surface area contributed by atoms with Gasteiger partial charge >= 0.3 is 0 Å². The average Bonchev–Trinajstić information content (AvgIpc) is 2.22. The number of halogens is 2. The number of aryl methyl sites for hydroxylation is 1. The van der Waals surface area contributed by atoms with Crippen molar-refractivity contribution in [3.63, 3.8) is 0 Å². The van der Waals surface area contributed by atoms with Crippen LogP contribution in [0.4, 0.5) is 0 Å². The van der Waals surface area contributed by atoms with Gasteiger partial charge in [0.2, 0.25) is 0 Å². The summed E-state index contributed by atoms with van der Waals surface area (Å²) in [5.74, 6) is -0.0906. The lowest BCUT2D eigenvalue weighted by Crippen LogP contribution is -2.30. The number of carbonyl (C=O) groups is 1. The van der Waals surface area contributed by atoms with Crippen molar-refractivity contribution < 1.29 is 4.79 Å². The molecule has 3 nitrogen and oxygen atoms in total. The molecule has 0 aliphatic rings. The van der Waals surface area contributed by atoms with Crippen LogP contribution < -0.4 is 10.6 Å². The molecule has 0 fully saturated rings. The third-order valence-corrected chi connectivity index (χ3v) is 2.50. The van der Waals surface area contributed by atoms with Gasteiger partial charge in [0.1, 0.15) is 0 Å². The van der Waals surface area contributed by atoms with E-state index >= 15 is 0 Å². The molecule has 1 aromatic carbocycles. The maximum absolute atomic E-state index is 11.6. The highest BCUT2D eigenvalue weighted by atomic mass is 35.5. The number of amides is 1. The van der Waals surface area contributed by atoms with E-state index in [1.807, 2.05) is 20.0 Å². The van der Waals surface area contributed by atoms with Crippen LogP contribution in [0.2, 0.25) is 5.02 Å². The molecule has 0 aromatic heterocycles. The molecule has 90 valence electrons. The zero-order valence-electron chi connectivity index (χ0n) is 9.34. The lowest BCUT2D eigenvalue weighted by molar-refractivity contribution is 0.0954. The van der Waals surface area contributed by atoms with Crippen LogP contribution in [-0.4, -0.2) is 26.0 Å². The molecular weight excluding hydrogens is 247 g/mol. The Bertz CT molecular complexity index is 356. The van der Waals surface area contributed by atoms with E-state index < -0.39 is 0 Å². The molecule has 1 amide bonds. The van der Waals surface area contributed by atoms with Gasteiger partial charge in [0, 0.05) is 23.7 Å². The maximum Gasteiger partial charge on any atom is 0.251 e. The summed E-state index contributed by atoms with van der Waals surface area (Å²) in [6.45, 7) is 3.27. The average molecular weight is 263 g/mol. The number of hydrogen-bond acceptors (Lipinski definition) is 2. The second-order valence-electron chi connectivity index (χ2n) is 3.32. The molecule has 5 heteroatoms. The minimum absolute atomic E-state index is 0. The Hall–Kier alpha value is -0.770. The summed E-state index contributed by atoms with van der Waals surface area (Å²) in [5, 5.41) is 6.36. The fourth-order valence-corrected chi connectivity index (χ4v) is 1.32. The first kappa shape index (κ1) is 15.2. The van der Waals surface area contributed by atoms with Crippen LogP contribution in [-0.2, 0) is 0 Å². The highest BCUT2D eigenvalue weighted by molar-refractivity contribution is 6.31. The second kappa shape index (κ2) is 7.49. The van der Waals surface area contributed by atoms with Gasteiger partial charge < -0.3 is 10.6 Å². The molecule has 16 heavy (non-hydrogen) atoms. The van der Waals surface area contributed by atoms with E-state index in [1.54, 1.807) is 12.1 Å². The first-order chi connectivity index (χ1) is 7.15. The summed E-state index contributed by atoms with van der Waals surface area (Å²) in [6.07, 6.45) is 0. The molecule has 0 atom stereocenters. The number of rotatable bonds is 4. The predicted octanol–water partition coefficient (Wildman–Crippen LogP) is 2.02. The molecule has 0 aliphatic heterocycles. The SMILES string of the molecule is CNCCNC(=O)c1ccc(C)c(Cl)c1.Cl. The zero-order chi connectivity index (χ0) is 11.3. The quantitative estimate of drug-likeness (QED) is 0.816. The Morgan fingerprint density at radius 1 is 1.38 bits per heavy atom. The van der Waals surface area contributed by atoms with E-state index in [4.69, 9.17) is 11.6 Å². The Kier molecular flexibility index (Phi) is 7.13. The summed E-state index contributed by atoms with van der Waals surface area (Å²) >= 11 is 5.93. The number of hydrogen-bond donors (Lipinski definition) is 2. The fraction of sp³-hybridized carbons (Fsp3) is 0.364. The number of nitrogens with one attached hydrogen (secondary N) is 2. The summed E-state index contributed by atoms with van der Waals surface area (Å²) in [4.78, 5) is 11.6. The van der Waals surface area contributed by atoms with Crippen LogP contribution >= 0.6 is 24.0 Å². The number of likely N-dealkylation sites (N-methyl/N-ethyl adjacent to an activating group) is 1. The summed E-state index contributed by atoms with van der Waals surface area (Å²) in [5.41, 5.74) is 1.57. The van der Waals surface area contributed by atoms with E-state index in [-0.39, 0.29) is 18.3 Å². The second-order valence-corrected chi connectivity index (χ2v) is 3.73. The van der Waals surface area contributed by atoms with Crippen LogP contribution in [0.25, 0.3) is 0 Å². The maximum atomic E-state index is 11.6. The minimum Gasteiger partial charge on any atom is -0.351 e. The fourth-order valence-electron chi connectivity index (χ4n) is 1.14.